The van der Waals surface area contributed by atoms with E-state index in [1.807, 2.05) is 25.5 Å². The minimum Gasteiger partial charge on any atom is -0.383 e. The Labute approximate surface area is 141 Å². The highest BCUT2D eigenvalue weighted by atomic mass is 16.5. The number of rotatable bonds is 5. The molecule has 24 heavy (non-hydrogen) atoms. The minimum atomic E-state index is 0.441. The highest BCUT2D eigenvalue weighted by Crippen LogP contribution is 2.42. The molecular formula is C17H22N6O. The predicted octanol–water partition coefficient (Wildman–Crippen LogP) is 1.41. The first kappa shape index (κ1) is 15.3. The third kappa shape index (κ3) is 2.80. The molecule has 0 aromatic carbocycles. The van der Waals surface area contributed by atoms with Crippen molar-refractivity contribution in [2.45, 2.75) is 19.3 Å². The molecule has 0 bridgehead atoms. The largest absolute Gasteiger partial charge is 0.383 e. The second kappa shape index (κ2) is 6.32. The van der Waals surface area contributed by atoms with Gasteiger partial charge in [0, 0.05) is 51.3 Å². The van der Waals surface area contributed by atoms with Gasteiger partial charge in [0.05, 0.1) is 12.3 Å². The molecule has 2 atom stereocenters. The van der Waals surface area contributed by atoms with E-state index in [1.54, 1.807) is 7.11 Å². The van der Waals surface area contributed by atoms with E-state index in [2.05, 4.69) is 25.2 Å². The molecule has 0 amide bonds. The molecule has 3 heterocycles. The van der Waals surface area contributed by atoms with Crippen LogP contribution in [0.3, 0.4) is 0 Å². The normalized spacial score (nSPS) is 21.7. The summed E-state index contributed by atoms with van der Waals surface area (Å²) in [6.45, 7) is 5.28. The SMILES string of the molecule is COCCNc1ncc2c(n1)[C@H]1CN(c3ncc(C)cn3)C[C@@H]1C2. The molecule has 7 nitrogen and oxygen atoms in total. The maximum absolute atomic E-state index is 5.06. The molecule has 1 aliphatic carbocycles. The van der Waals surface area contributed by atoms with Crippen molar-refractivity contribution in [3.63, 3.8) is 0 Å². The summed E-state index contributed by atoms with van der Waals surface area (Å²) in [4.78, 5) is 20.4. The Morgan fingerprint density at radius 1 is 1.21 bits per heavy atom. The number of nitrogens with zero attached hydrogens (tertiary/aromatic N) is 5. The first-order chi connectivity index (χ1) is 11.7. The van der Waals surface area contributed by atoms with Crippen LogP contribution < -0.4 is 10.2 Å². The Hall–Kier alpha value is -2.28. The molecule has 0 radical (unpaired) electrons. The number of aryl methyl sites for hydroxylation is 1. The number of fused-ring (bicyclic) bond motifs is 3. The van der Waals surface area contributed by atoms with Gasteiger partial charge < -0.3 is 15.0 Å². The zero-order valence-corrected chi connectivity index (χ0v) is 14.1. The van der Waals surface area contributed by atoms with Gasteiger partial charge in [0.2, 0.25) is 11.9 Å². The number of anilines is 2. The van der Waals surface area contributed by atoms with Gasteiger partial charge in [-0.25, -0.2) is 19.9 Å². The van der Waals surface area contributed by atoms with Crippen LogP contribution in [0.5, 0.6) is 0 Å². The summed E-state index contributed by atoms with van der Waals surface area (Å²) in [5, 5.41) is 3.22. The van der Waals surface area contributed by atoms with Crippen LogP contribution in [0.25, 0.3) is 0 Å². The summed E-state index contributed by atoms with van der Waals surface area (Å²) in [5.74, 6) is 2.53. The zero-order chi connectivity index (χ0) is 16.5. The van der Waals surface area contributed by atoms with E-state index in [4.69, 9.17) is 9.72 Å². The summed E-state index contributed by atoms with van der Waals surface area (Å²) in [5.41, 5.74) is 3.55. The van der Waals surface area contributed by atoms with E-state index in [0.717, 1.165) is 31.0 Å². The number of hydrogen-bond acceptors (Lipinski definition) is 7. The van der Waals surface area contributed by atoms with E-state index < -0.39 is 0 Å². The van der Waals surface area contributed by atoms with E-state index in [1.165, 1.54) is 11.3 Å². The van der Waals surface area contributed by atoms with Crippen molar-refractivity contribution < 1.29 is 4.74 Å². The molecule has 2 aliphatic rings. The first-order valence-electron chi connectivity index (χ1n) is 8.37. The van der Waals surface area contributed by atoms with Crippen molar-refractivity contribution in [1.82, 2.24) is 19.9 Å². The first-order valence-corrected chi connectivity index (χ1v) is 8.37. The fraction of sp³-hybridized carbons (Fsp3) is 0.529. The molecule has 1 fully saturated rings. The standard InChI is InChI=1S/C17H22N6O/c1-11-6-20-17(21-7-11)23-9-13-5-12-8-19-16(18-3-4-24-2)22-15(12)14(13)10-23/h6-8,13-14H,3-5,9-10H2,1-2H3,(H,18,19,22)/t13-,14-/m0/s1. The Kier molecular flexibility index (Phi) is 4.02. The maximum atomic E-state index is 5.06. The Balaban J connectivity index is 1.50. The van der Waals surface area contributed by atoms with E-state index in [9.17, 15) is 0 Å². The van der Waals surface area contributed by atoms with Crippen molar-refractivity contribution in [3.05, 3.63) is 35.4 Å². The maximum Gasteiger partial charge on any atom is 0.225 e. The molecule has 1 N–H and O–H groups in total. The predicted molar refractivity (Wildman–Crippen MR) is 91.3 cm³/mol. The van der Waals surface area contributed by atoms with Crippen LogP contribution in [-0.2, 0) is 11.2 Å². The molecular weight excluding hydrogens is 304 g/mol. The van der Waals surface area contributed by atoms with Gasteiger partial charge in [-0.1, -0.05) is 0 Å². The van der Waals surface area contributed by atoms with Crippen LogP contribution >= 0.6 is 0 Å². The number of methoxy groups -OCH3 is 1. The number of ether oxygens (including phenoxy) is 1. The second-order valence-electron chi connectivity index (χ2n) is 6.56. The molecule has 126 valence electrons. The quantitative estimate of drug-likeness (QED) is 0.833. The molecule has 2 aromatic rings. The highest BCUT2D eigenvalue weighted by Gasteiger charge is 2.42. The van der Waals surface area contributed by atoms with Crippen LogP contribution in [0.4, 0.5) is 11.9 Å². The van der Waals surface area contributed by atoms with Crippen LogP contribution in [0.1, 0.15) is 22.7 Å². The van der Waals surface area contributed by atoms with Crippen molar-refractivity contribution in [3.8, 4) is 0 Å². The molecule has 0 saturated carbocycles. The highest BCUT2D eigenvalue weighted by molar-refractivity contribution is 5.42. The van der Waals surface area contributed by atoms with Gasteiger partial charge in [-0.2, -0.15) is 0 Å². The lowest BCUT2D eigenvalue weighted by Gasteiger charge is -2.17. The summed E-state index contributed by atoms with van der Waals surface area (Å²) < 4.78 is 5.06. The Morgan fingerprint density at radius 2 is 2.04 bits per heavy atom. The van der Waals surface area contributed by atoms with Crippen molar-refractivity contribution in [2.24, 2.45) is 5.92 Å². The smallest absolute Gasteiger partial charge is 0.225 e. The lowest BCUT2D eigenvalue weighted by atomic mass is 9.99. The fourth-order valence-corrected chi connectivity index (χ4v) is 3.63. The van der Waals surface area contributed by atoms with E-state index >= 15 is 0 Å². The minimum absolute atomic E-state index is 0.441. The molecule has 1 saturated heterocycles. The Bertz CT molecular complexity index is 720. The van der Waals surface area contributed by atoms with Gasteiger partial charge >= 0.3 is 0 Å². The summed E-state index contributed by atoms with van der Waals surface area (Å²) in [6.07, 6.45) is 6.78. The van der Waals surface area contributed by atoms with Crippen LogP contribution in [0, 0.1) is 12.8 Å². The summed E-state index contributed by atoms with van der Waals surface area (Å²) in [6, 6.07) is 0. The molecule has 0 spiro atoms. The van der Waals surface area contributed by atoms with Crippen molar-refractivity contribution >= 4 is 11.9 Å². The average Bonchev–Trinajstić information content (AvgIpc) is 3.14. The van der Waals surface area contributed by atoms with Crippen molar-refractivity contribution in [2.75, 3.05) is 43.6 Å². The molecule has 0 unspecified atom stereocenters. The van der Waals surface area contributed by atoms with Gasteiger partial charge in [-0.3, -0.25) is 0 Å². The third-order valence-electron chi connectivity index (χ3n) is 4.81. The van der Waals surface area contributed by atoms with Gasteiger partial charge in [0.25, 0.3) is 0 Å². The fourth-order valence-electron chi connectivity index (χ4n) is 3.63. The lowest BCUT2D eigenvalue weighted by molar-refractivity contribution is 0.210. The van der Waals surface area contributed by atoms with E-state index in [0.29, 0.717) is 30.9 Å². The summed E-state index contributed by atoms with van der Waals surface area (Å²) >= 11 is 0. The zero-order valence-electron chi connectivity index (χ0n) is 14.1. The van der Waals surface area contributed by atoms with Gasteiger partial charge in [0.15, 0.2) is 0 Å². The Morgan fingerprint density at radius 3 is 2.83 bits per heavy atom. The lowest BCUT2D eigenvalue weighted by Crippen LogP contribution is -2.23. The number of hydrogen-bond donors (Lipinski definition) is 1. The summed E-state index contributed by atoms with van der Waals surface area (Å²) in [7, 11) is 1.69. The second-order valence-corrected chi connectivity index (χ2v) is 6.56. The van der Waals surface area contributed by atoms with Crippen LogP contribution in [-0.4, -0.2) is 53.3 Å². The number of nitrogens with one attached hydrogen (secondary N) is 1. The van der Waals surface area contributed by atoms with Gasteiger partial charge in [0.1, 0.15) is 0 Å². The molecule has 1 aliphatic heterocycles. The van der Waals surface area contributed by atoms with Gasteiger partial charge in [-0.15, -0.1) is 0 Å². The van der Waals surface area contributed by atoms with Gasteiger partial charge in [-0.05, 0) is 30.4 Å². The topological polar surface area (TPSA) is 76.1 Å². The van der Waals surface area contributed by atoms with Crippen molar-refractivity contribution in [1.29, 1.82) is 0 Å². The third-order valence-corrected chi connectivity index (χ3v) is 4.81. The van der Waals surface area contributed by atoms with Crippen LogP contribution in [0.2, 0.25) is 0 Å². The molecule has 2 aromatic heterocycles. The monoisotopic (exact) mass is 326 g/mol. The molecule has 4 rings (SSSR count). The number of aromatic nitrogens is 4. The van der Waals surface area contributed by atoms with E-state index in [-0.39, 0.29) is 0 Å². The van der Waals surface area contributed by atoms with Crippen LogP contribution in [0.15, 0.2) is 18.6 Å². The molecule has 7 heteroatoms. The average molecular weight is 326 g/mol.